The summed E-state index contributed by atoms with van der Waals surface area (Å²) in [7, 11) is 0. The second-order valence-electron chi connectivity index (χ2n) is 7.52. The highest BCUT2D eigenvalue weighted by Crippen LogP contribution is 2.15. The number of benzene rings is 2. The monoisotopic (exact) mass is 484 g/mol. The molecule has 0 bridgehead atoms. The molecule has 1 N–H and O–H groups in total. The molecule has 3 aromatic rings. The Kier molecular flexibility index (Phi) is 8.37. The van der Waals surface area contributed by atoms with Gasteiger partial charge < -0.3 is 5.32 Å². The molecule has 1 atom stereocenters. The molecule has 1 heterocycles. The molecule has 0 fully saturated rings. The van der Waals surface area contributed by atoms with Gasteiger partial charge in [0, 0.05) is 30.0 Å². The maximum Gasteiger partial charge on any atom is 0.261 e. The van der Waals surface area contributed by atoms with E-state index in [0.717, 1.165) is 24.0 Å². The van der Waals surface area contributed by atoms with E-state index in [9.17, 15) is 9.59 Å². The second kappa shape index (κ2) is 11.2. The lowest BCUT2D eigenvalue weighted by Gasteiger charge is -2.30. The van der Waals surface area contributed by atoms with Gasteiger partial charge in [0.1, 0.15) is 0 Å². The molecular formula is C24H29BrN4O2. The van der Waals surface area contributed by atoms with Gasteiger partial charge in [0.05, 0.1) is 17.2 Å². The van der Waals surface area contributed by atoms with Crippen molar-refractivity contribution in [3.05, 3.63) is 75.2 Å². The molecule has 1 unspecified atom stereocenters. The van der Waals surface area contributed by atoms with Crippen LogP contribution in [0.15, 0.2) is 64.1 Å². The van der Waals surface area contributed by atoms with Crippen molar-refractivity contribution in [2.75, 3.05) is 19.6 Å². The minimum atomic E-state index is -0.135. The van der Waals surface area contributed by atoms with Gasteiger partial charge in [-0.3, -0.25) is 19.1 Å². The van der Waals surface area contributed by atoms with Crippen LogP contribution in [0.1, 0.15) is 25.8 Å². The van der Waals surface area contributed by atoms with Crippen molar-refractivity contribution in [1.82, 2.24) is 19.8 Å². The summed E-state index contributed by atoms with van der Waals surface area (Å²) in [6.45, 7) is 7.01. The average Bonchev–Trinajstić information content (AvgIpc) is 2.78. The maximum absolute atomic E-state index is 12.7. The van der Waals surface area contributed by atoms with Crippen LogP contribution in [-0.2, 0) is 17.8 Å². The summed E-state index contributed by atoms with van der Waals surface area (Å²) < 4.78 is 2.33. The van der Waals surface area contributed by atoms with Gasteiger partial charge in [-0.05, 0) is 43.3 Å². The van der Waals surface area contributed by atoms with Crippen molar-refractivity contribution >= 4 is 32.7 Å². The van der Waals surface area contributed by atoms with Crippen LogP contribution in [0.3, 0.4) is 0 Å². The van der Waals surface area contributed by atoms with Gasteiger partial charge in [-0.15, -0.1) is 0 Å². The molecule has 0 spiro atoms. The van der Waals surface area contributed by atoms with E-state index in [4.69, 9.17) is 0 Å². The molecule has 0 radical (unpaired) electrons. The first kappa shape index (κ1) is 23.2. The number of hydrogen-bond acceptors (Lipinski definition) is 4. The number of carbonyl (C=O) groups is 1. The van der Waals surface area contributed by atoms with Gasteiger partial charge in [-0.1, -0.05) is 60.1 Å². The molecule has 0 aliphatic carbocycles. The second-order valence-corrected chi connectivity index (χ2v) is 8.44. The Morgan fingerprint density at radius 1 is 1.16 bits per heavy atom. The van der Waals surface area contributed by atoms with Crippen molar-refractivity contribution in [3.63, 3.8) is 0 Å². The van der Waals surface area contributed by atoms with Crippen LogP contribution in [0.25, 0.3) is 10.9 Å². The quantitative estimate of drug-likeness (QED) is 0.477. The van der Waals surface area contributed by atoms with E-state index in [1.165, 1.54) is 16.5 Å². The summed E-state index contributed by atoms with van der Waals surface area (Å²) in [5.74, 6) is -0.0635. The molecule has 2 aromatic carbocycles. The molecule has 1 amide bonds. The first-order chi connectivity index (χ1) is 15.0. The van der Waals surface area contributed by atoms with E-state index in [-0.39, 0.29) is 23.9 Å². The normalized spacial score (nSPS) is 12.3. The van der Waals surface area contributed by atoms with Crippen LogP contribution in [0, 0.1) is 0 Å². The zero-order valence-electron chi connectivity index (χ0n) is 18.1. The maximum atomic E-state index is 12.7. The number of fused-ring (bicyclic) bond motifs is 1. The van der Waals surface area contributed by atoms with Crippen LogP contribution in [0.5, 0.6) is 0 Å². The number of hydrogen-bond donors (Lipinski definition) is 1. The summed E-state index contributed by atoms with van der Waals surface area (Å²) in [5.41, 5.74) is 1.77. The van der Waals surface area contributed by atoms with Gasteiger partial charge in [0.25, 0.3) is 5.56 Å². The highest BCUT2D eigenvalue weighted by atomic mass is 79.9. The smallest absolute Gasteiger partial charge is 0.261 e. The molecule has 164 valence electrons. The Morgan fingerprint density at radius 2 is 1.90 bits per heavy atom. The van der Waals surface area contributed by atoms with E-state index < -0.39 is 0 Å². The number of likely N-dealkylation sites (N-methyl/N-ethyl adjacent to an activating group) is 1. The lowest BCUT2D eigenvalue weighted by molar-refractivity contribution is -0.121. The first-order valence-electron chi connectivity index (χ1n) is 10.7. The third-order valence-corrected chi connectivity index (χ3v) is 6.04. The van der Waals surface area contributed by atoms with E-state index in [2.05, 4.69) is 57.1 Å². The van der Waals surface area contributed by atoms with Crippen molar-refractivity contribution in [1.29, 1.82) is 0 Å². The largest absolute Gasteiger partial charge is 0.354 e. The highest BCUT2D eigenvalue weighted by molar-refractivity contribution is 9.10. The van der Waals surface area contributed by atoms with E-state index in [0.29, 0.717) is 24.0 Å². The fourth-order valence-electron chi connectivity index (χ4n) is 3.79. The minimum absolute atomic E-state index is 0.0635. The molecule has 6 nitrogen and oxygen atoms in total. The summed E-state index contributed by atoms with van der Waals surface area (Å²) >= 11 is 3.39. The zero-order valence-corrected chi connectivity index (χ0v) is 19.6. The third-order valence-electron chi connectivity index (χ3n) is 5.54. The number of halogens is 1. The summed E-state index contributed by atoms with van der Waals surface area (Å²) in [5, 5.41) is 3.61. The predicted octanol–water partition coefficient (Wildman–Crippen LogP) is 3.62. The van der Waals surface area contributed by atoms with Crippen molar-refractivity contribution < 1.29 is 4.79 Å². The molecule has 0 aliphatic heterocycles. The first-order valence-corrected chi connectivity index (χ1v) is 11.5. The number of nitrogens with one attached hydrogen (secondary N) is 1. The molecule has 0 saturated heterocycles. The van der Waals surface area contributed by atoms with Crippen LogP contribution in [0.4, 0.5) is 0 Å². The van der Waals surface area contributed by atoms with Gasteiger partial charge >= 0.3 is 0 Å². The summed E-state index contributed by atoms with van der Waals surface area (Å²) in [6, 6.07) is 16.0. The van der Waals surface area contributed by atoms with Crippen LogP contribution < -0.4 is 10.9 Å². The summed E-state index contributed by atoms with van der Waals surface area (Å²) in [6.07, 6.45) is 2.63. The average molecular weight is 485 g/mol. The van der Waals surface area contributed by atoms with Gasteiger partial charge in [0.2, 0.25) is 5.91 Å². The van der Waals surface area contributed by atoms with E-state index >= 15 is 0 Å². The van der Waals surface area contributed by atoms with Crippen LogP contribution in [-0.4, -0.2) is 46.0 Å². The third kappa shape index (κ3) is 6.24. The lowest BCUT2D eigenvalue weighted by Crippen LogP contribution is -2.45. The number of rotatable bonds is 10. The van der Waals surface area contributed by atoms with Crippen LogP contribution in [0.2, 0.25) is 0 Å². The number of aryl methyl sites for hydroxylation is 1. The summed E-state index contributed by atoms with van der Waals surface area (Å²) in [4.78, 5) is 31.9. The Balaban J connectivity index is 1.60. The highest BCUT2D eigenvalue weighted by Gasteiger charge is 2.17. The lowest BCUT2D eigenvalue weighted by atomic mass is 10.0. The number of aromatic nitrogens is 2. The molecule has 0 aliphatic rings. The Bertz CT molecular complexity index is 1060. The molecule has 0 saturated carbocycles. The Morgan fingerprint density at radius 3 is 2.61 bits per heavy atom. The molecule has 1 aromatic heterocycles. The molecule has 7 heteroatoms. The molecule has 3 rings (SSSR count). The number of nitrogens with zero attached hydrogens (tertiary/aromatic N) is 3. The van der Waals surface area contributed by atoms with Gasteiger partial charge in [-0.2, -0.15) is 0 Å². The van der Waals surface area contributed by atoms with Crippen molar-refractivity contribution in [2.45, 2.75) is 39.3 Å². The predicted molar refractivity (Wildman–Crippen MR) is 128 cm³/mol. The number of carbonyl (C=O) groups excluding carboxylic acids is 1. The molecule has 31 heavy (non-hydrogen) atoms. The Labute approximate surface area is 191 Å². The van der Waals surface area contributed by atoms with E-state index in [1.54, 1.807) is 12.1 Å². The standard InChI is InChI=1S/C24H29BrN4O2/c1-3-28(4-2)20(14-18-8-6-5-7-9-18)16-26-23(30)12-13-29-17-27-22-11-10-19(25)15-21(22)24(29)31/h5-11,15,17,20H,3-4,12-14,16H2,1-2H3,(H,26,30). The van der Waals surface area contributed by atoms with Crippen molar-refractivity contribution in [3.8, 4) is 0 Å². The Hall–Kier alpha value is -2.51. The van der Waals surface area contributed by atoms with E-state index in [1.807, 2.05) is 24.3 Å². The number of amides is 1. The zero-order chi connectivity index (χ0) is 22.2. The van der Waals surface area contributed by atoms with Gasteiger partial charge in [0.15, 0.2) is 0 Å². The topological polar surface area (TPSA) is 67.2 Å². The van der Waals surface area contributed by atoms with Crippen LogP contribution >= 0.6 is 15.9 Å². The van der Waals surface area contributed by atoms with Gasteiger partial charge in [-0.25, -0.2) is 4.98 Å². The van der Waals surface area contributed by atoms with Crippen molar-refractivity contribution in [2.24, 2.45) is 0 Å². The fraction of sp³-hybridized carbons (Fsp3) is 0.375. The fourth-order valence-corrected chi connectivity index (χ4v) is 4.15. The SMILES string of the molecule is CCN(CC)C(CNC(=O)CCn1cnc2ccc(Br)cc2c1=O)Cc1ccccc1. The molecular weight excluding hydrogens is 456 g/mol. The minimum Gasteiger partial charge on any atom is -0.354 e.